The molecular formula is C12H7BrF3NO3. The van der Waals surface area contributed by atoms with E-state index in [1.54, 1.807) is 0 Å². The minimum absolute atomic E-state index is 0.00129. The van der Waals surface area contributed by atoms with E-state index in [0.717, 1.165) is 6.07 Å². The zero-order chi connectivity index (χ0) is 14.9. The molecule has 1 N–H and O–H groups in total. The van der Waals surface area contributed by atoms with Crippen molar-refractivity contribution in [3.8, 4) is 11.4 Å². The number of alkyl halides is 3. The van der Waals surface area contributed by atoms with Crippen LogP contribution in [0.4, 0.5) is 13.2 Å². The molecule has 0 atom stereocenters. The highest BCUT2D eigenvalue weighted by Gasteiger charge is 2.32. The van der Waals surface area contributed by atoms with Crippen molar-refractivity contribution >= 4 is 21.9 Å². The van der Waals surface area contributed by atoms with Gasteiger partial charge in [0, 0.05) is 11.9 Å². The second kappa shape index (κ2) is 5.20. The lowest BCUT2D eigenvalue weighted by Gasteiger charge is -2.12. The summed E-state index contributed by atoms with van der Waals surface area (Å²) in [4.78, 5) is 11.0. The fraction of sp³-hybridized carbons (Fsp3) is 0.0833. The topological polar surface area (TPSA) is 51.5 Å². The average Bonchev–Trinajstić information content (AvgIpc) is 2.79. The van der Waals surface area contributed by atoms with Crippen molar-refractivity contribution in [3.63, 3.8) is 0 Å². The van der Waals surface area contributed by atoms with E-state index in [4.69, 9.17) is 5.11 Å². The van der Waals surface area contributed by atoms with Gasteiger partial charge in [0.05, 0.1) is 4.47 Å². The Balaban J connectivity index is 2.38. The Morgan fingerprint density at radius 3 is 2.55 bits per heavy atom. The Morgan fingerprint density at radius 2 is 2.00 bits per heavy atom. The number of hydrogen-bond donors (Lipinski definition) is 1. The molecule has 4 nitrogen and oxygen atoms in total. The first-order chi connectivity index (χ1) is 9.28. The summed E-state index contributed by atoms with van der Waals surface area (Å²) in [6.45, 7) is 0. The molecule has 1 heterocycles. The van der Waals surface area contributed by atoms with Gasteiger partial charge >= 0.3 is 12.3 Å². The average molecular weight is 350 g/mol. The Kier molecular flexibility index (Phi) is 3.76. The lowest BCUT2D eigenvalue weighted by molar-refractivity contribution is -0.274. The standard InChI is InChI=1S/C12H7BrF3NO3/c13-8-6-7(3-4-10(8)20-12(14,15)16)17-5-1-2-9(17)11(18)19/h1-6H,(H,18,19). The van der Waals surface area contributed by atoms with Crippen LogP contribution in [-0.4, -0.2) is 22.0 Å². The number of ether oxygens (including phenoxy) is 1. The summed E-state index contributed by atoms with van der Waals surface area (Å²) in [6.07, 6.45) is -3.29. The van der Waals surface area contributed by atoms with Crippen LogP contribution in [0, 0.1) is 0 Å². The van der Waals surface area contributed by atoms with Crippen LogP contribution in [0.5, 0.6) is 5.75 Å². The first-order valence-corrected chi connectivity index (χ1v) is 6.03. The van der Waals surface area contributed by atoms with Gasteiger partial charge in [-0.25, -0.2) is 4.79 Å². The van der Waals surface area contributed by atoms with Crippen molar-refractivity contribution < 1.29 is 27.8 Å². The number of carboxylic acids is 1. The predicted molar refractivity (Wildman–Crippen MR) is 67.1 cm³/mol. The predicted octanol–water partition coefficient (Wildman–Crippen LogP) is 3.84. The van der Waals surface area contributed by atoms with Gasteiger partial charge in [0.2, 0.25) is 0 Å². The van der Waals surface area contributed by atoms with E-state index in [-0.39, 0.29) is 10.2 Å². The highest BCUT2D eigenvalue weighted by molar-refractivity contribution is 9.10. The molecule has 0 bridgehead atoms. The van der Waals surface area contributed by atoms with Gasteiger partial charge < -0.3 is 14.4 Å². The zero-order valence-electron chi connectivity index (χ0n) is 9.69. The molecule has 1 aromatic carbocycles. The van der Waals surface area contributed by atoms with E-state index in [1.165, 1.54) is 35.0 Å². The lowest BCUT2D eigenvalue weighted by Crippen LogP contribution is -2.17. The maximum absolute atomic E-state index is 12.1. The van der Waals surface area contributed by atoms with E-state index in [9.17, 15) is 18.0 Å². The van der Waals surface area contributed by atoms with Crippen LogP contribution in [0.15, 0.2) is 41.0 Å². The highest BCUT2D eigenvalue weighted by Crippen LogP contribution is 2.32. The molecule has 0 radical (unpaired) electrons. The fourth-order valence-corrected chi connectivity index (χ4v) is 2.08. The maximum Gasteiger partial charge on any atom is 0.573 e. The maximum atomic E-state index is 12.1. The largest absolute Gasteiger partial charge is 0.573 e. The SMILES string of the molecule is O=C(O)c1cccn1-c1ccc(OC(F)(F)F)c(Br)c1. The molecule has 2 aromatic rings. The summed E-state index contributed by atoms with van der Waals surface area (Å²) >= 11 is 2.96. The van der Waals surface area contributed by atoms with Crippen LogP contribution in [0.1, 0.15) is 10.5 Å². The minimum atomic E-state index is -4.79. The van der Waals surface area contributed by atoms with Gasteiger partial charge in [-0.05, 0) is 46.3 Å². The summed E-state index contributed by atoms with van der Waals surface area (Å²) in [5.41, 5.74) is 0.398. The smallest absolute Gasteiger partial charge is 0.477 e. The van der Waals surface area contributed by atoms with Crippen LogP contribution in [0.3, 0.4) is 0 Å². The van der Waals surface area contributed by atoms with E-state index in [0.29, 0.717) is 5.69 Å². The summed E-state index contributed by atoms with van der Waals surface area (Å²) in [5.74, 6) is -1.54. The van der Waals surface area contributed by atoms with Gasteiger partial charge in [-0.3, -0.25) is 0 Å². The van der Waals surface area contributed by atoms with E-state index < -0.39 is 18.1 Å². The van der Waals surface area contributed by atoms with Gasteiger partial charge in [0.15, 0.2) is 0 Å². The second-order valence-electron chi connectivity index (χ2n) is 3.73. The molecule has 0 saturated carbocycles. The molecule has 1 aromatic heterocycles. The number of halogens is 4. The molecule has 0 aliphatic carbocycles. The molecule has 20 heavy (non-hydrogen) atoms. The number of aromatic carboxylic acids is 1. The number of carbonyl (C=O) groups is 1. The number of aromatic nitrogens is 1. The number of nitrogens with zero attached hydrogens (tertiary/aromatic N) is 1. The molecule has 2 rings (SSSR count). The van der Waals surface area contributed by atoms with Gasteiger partial charge in [-0.2, -0.15) is 0 Å². The van der Waals surface area contributed by atoms with Crippen LogP contribution in [0.25, 0.3) is 5.69 Å². The molecule has 8 heteroatoms. The Labute approximate surface area is 119 Å². The number of benzene rings is 1. The zero-order valence-corrected chi connectivity index (χ0v) is 11.3. The van der Waals surface area contributed by atoms with Crippen LogP contribution in [0.2, 0.25) is 0 Å². The lowest BCUT2D eigenvalue weighted by atomic mass is 10.3. The third-order valence-corrected chi connectivity index (χ3v) is 3.01. The third kappa shape index (κ3) is 3.13. The minimum Gasteiger partial charge on any atom is -0.477 e. The molecule has 106 valence electrons. The van der Waals surface area contributed by atoms with Gasteiger partial charge in [0.1, 0.15) is 11.4 Å². The summed E-state index contributed by atoms with van der Waals surface area (Å²) < 4.78 is 41.6. The fourth-order valence-electron chi connectivity index (χ4n) is 1.63. The molecule has 0 spiro atoms. The Morgan fingerprint density at radius 1 is 1.30 bits per heavy atom. The van der Waals surface area contributed by atoms with Crippen molar-refractivity contribution in [1.29, 1.82) is 0 Å². The molecule has 0 unspecified atom stereocenters. The van der Waals surface area contributed by atoms with Crippen molar-refractivity contribution in [2.45, 2.75) is 6.36 Å². The first-order valence-electron chi connectivity index (χ1n) is 5.24. The molecule has 0 aliphatic heterocycles. The summed E-state index contributed by atoms with van der Waals surface area (Å²) in [5, 5.41) is 8.99. The summed E-state index contributed by atoms with van der Waals surface area (Å²) in [7, 11) is 0. The van der Waals surface area contributed by atoms with Gasteiger partial charge in [0.25, 0.3) is 0 Å². The van der Waals surface area contributed by atoms with Gasteiger partial charge in [-0.15, -0.1) is 13.2 Å². The molecule has 0 saturated heterocycles. The normalized spacial score (nSPS) is 11.4. The monoisotopic (exact) mass is 349 g/mol. The third-order valence-electron chi connectivity index (χ3n) is 2.39. The van der Waals surface area contributed by atoms with Crippen molar-refractivity contribution in [3.05, 3.63) is 46.7 Å². The summed E-state index contributed by atoms with van der Waals surface area (Å²) in [6, 6.07) is 6.69. The number of hydrogen-bond acceptors (Lipinski definition) is 2. The number of carboxylic acid groups (broad SMARTS) is 1. The first kappa shape index (κ1) is 14.4. The van der Waals surface area contributed by atoms with Crippen LogP contribution >= 0.6 is 15.9 Å². The quantitative estimate of drug-likeness (QED) is 0.915. The van der Waals surface area contributed by atoms with E-state index >= 15 is 0 Å². The Bertz CT molecular complexity index is 652. The van der Waals surface area contributed by atoms with Crippen molar-refractivity contribution in [2.75, 3.05) is 0 Å². The second-order valence-corrected chi connectivity index (χ2v) is 4.59. The van der Waals surface area contributed by atoms with Crippen LogP contribution < -0.4 is 4.74 Å². The molecule has 0 amide bonds. The van der Waals surface area contributed by atoms with Crippen LogP contribution in [-0.2, 0) is 0 Å². The van der Waals surface area contributed by atoms with Gasteiger partial charge in [-0.1, -0.05) is 0 Å². The highest BCUT2D eigenvalue weighted by atomic mass is 79.9. The van der Waals surface area contributed by atoms with Crippen molar-refractivity contribution in [1.82, 2.24) is 4.57 Å². The Hall–Kier alpha value is -1.96. The van der Waals surface area contributed by atoms with E-state index in [2.05, 4.69) is 20.7 Å². The van der Waals surface area contributed by atoms with Crippen molar-refractivity contribution in [2.24, 2.45) is 0 Å². The molecule has 0 fully saturated rings. The molecule has 0 aliphatic rings. The van der Waals surface area contributed by atoms with E-state index in [1.807, 2.05) is 0 Å². The molecular weight excluding hydrogens is 343 g/mol. The number of rotatable bonds is 3.